The lowest BCUT2D eigenvalue weighted by Gasteiger charge is -2.30. The summed E-state index contributed by atoms with van der Waals surface area (Å²) in [6, 6.07) is 6.17. The highest BCUT2D eigenvalue weighted by molar-refractivity contribution is 7.91. The van der Waals surface area contributed by atoms with E-state index in [0.29, 0.717) is 54.2 Å². The van der Waals surface area contributed by atoms with Crippen LogP contribution in [0.4, 0.5) is 0 Å². The van der Waals surface area contributed by atoms with Gasteiger partial charge in [0.05, 0.1) is 30.2 Å². The first-order valence-electron chi connectivity index (χ1n) is 18.8. The molecular formula is C38H42N8O8S2. The lowest BCUT2D eigenvalue weighted by atomic mass is 10.0. The minimum Gasteiger partial charge on any atom is -0.497 e. The van der Waals surface area contributed by atoms with E-state index in [9.17, 15) is 27.6 Å². The monoisotopic (exact) mass is 802 g/mol. The summed E-state index contributed by atoms with van der Waals surface area (Å²) in [7, 11) is -2.32. The summed E-state index contributed by atoms with van der Waals surface area (Å²) in [5, 5.41) is 17.4. The van der Waals surface area contributed by atoms with Crippen LogP contribution >= 0.6 is 11.3 Å². The average Bonchev–Trinajstić information content (AvgIpc) is 3.74. The molecule has 18 heteroatoms. The van der Waals surface area contributed by atoms with Crippen LogP contribution in [0.5, 0.6) is 5.75 Å². The Kier molecular flexibility index (Phi) is 10.3. The maximum absolute atomic E-state index is 14.7. The van der Waals surface area contributed by atoms with E-state index in [1.165, 1.54) is 39.6 Å². The molecule has 2 aliphatic carbocycles. The number of sulfonamides is 1. The number of carbonyl (C=O) groups is 4. The van der Waals surface area contributed by atoms with E-state index in [1.54, 1.807) is 13.3 Å². The molecule has 0 unspecified atom stereocenters. The van der Waals surface area contributed by atoms with Crippen LogP contribution in [0.3, 0.4) is 0 Å². The third-order valence-electron chi connectivity index (χ3n) is 10.9. The number of nitrogens with one attached hydrogen (secondary N) is 3. The number of benzene rings is 1. The smallest absolute Gasteiger partial charge is 0.259 e. The minimum absolute atomic E-state index is 0.0155. The van der Waals surface area contributed by atoms with E-state index in [0.717, 1.165) is 18.4 Å². The number of allylic oxidation sites excluding steroid dienone is 1. The van der Waals surface area contributed by atoms with Gasteiger partial charge in [0.1, 0.15) is 46.0 Å². The van der Waals surface area contributed by atoms with Gasteiger partial charge in [0.25, 0.3) is 11.8 Å². The number of nitrogens with zero attached hydrogens (tertiary/aromatic N) is 5. The van der Waals surface area contributed by atoms with Gasteiger partial charge in [-0.25, -0.2) is 13.4 Å². The Labute approximate surface area is 327 Å². The number of rotatable bonds is 9. The van der Waals surface area contributed by atoms with E-state index in [1.807, 2.05) is 41.8 Å². The van der Waals surface area contributed by atoms with E-state index in [4.69, 9.17) is 19.4 Å². The number of ether oxygens (including phenoxy) is 1. The maximum Gasteiger partial charge on any atom is 0.259 e. The van der Waals surface area contributed by atoms with Crippen molar-refractivity contribution in [1.29, 1.82) is 0 Å². The van der Waals surface area contributed by atoms with Crippen molar-refractivity contribution < 1.29 is 36.7 Å². The molecule has 4 aromatic rings. The van der Waals surface area contributed by atoms with Crippen LogP contribution in [0.15, 0.2) is 71.0 Å². The van der Waals surface area contributed by atoms with Gasteiger partial charge in [-0.05, 0) is 68.9 Å². The fraction of sp³-hybridized carbons (Fsp3) is 0.447. The summed E-state index contributed by atoms with van der Waals surface area (Å²) >= 11 is 1.40. The molecule has 294 valence electrons. The molecule has 5 heterocycles. The molecule has 0 spiro atoms. The third kappa shape index (κ3) is 7.58. The second-order valence-electron chi connectivity index (χ2n) is 14.7. The number of hydrogen-bond acceptors (Lipinski definition) is 12. The van der Waals surface area contributed by atoms with Crippen molar-refractivity contribution in [1.82, 2.24) is 40.2 Å². The van der Waals surface area contributed by atoms with Crippen LogP contribution in [0, 0.1) is 5.92 Å². The maximum atomic E-state index is 14.7. The van der Waals surface area contributed by atoms with Gasteiger partial charge >= 0.3 is 0 Å². The third-order valence-corrected chi connectivity index (χ3v) is 13.5. The lowest BCUT2D eigenvalue weighted by molar-refractivity contribution is -0.141. The molecule has 3 aromatic heterocycles. The molecule has 16 nitrogen and oxygen atoms in total. The fourth-order valence-electron chi connectivity index (χ4n) is 7.49. The van der Waals surface area contributed by atoms with E-state index < -0.39 is 68.5 Å². The van der Waals surface area contributed by atoms with Crippen LogP contribution in [0.1, 0.15) is 74.2 Å². The second kappa shape index (κ2) is 15.3. The first kappa shape index (κ1) is 37.6. The van der Waals surface area contributed by atoms with Crippen LogP contribution in [0.2, 0.25) is 0 Å². The number of methoxy groups -OCH3 is 1. The molecule has 4 amide bonds. The van der Waals surface area contributed by atoms with Gasteiger partial charge in [-0.3, -0.25) is 23.9 Å². The summed E-state index contributed by atoms with van der Waals surface area (Å²) in [6.07, 6.45) is 12.6. The molecule has 2 aliphatic heterocycles. The molecule has 0 bridgehead atoms. The van der Waals surface area contributed by atoms with Gasteiger partial charge in [-0.2, -0.15) is 9.90 Å². The summed E-state index contributed by atoms with van der Waals surface area (Å²) < 4.78 is 38.5. The minimum atomic E-state index is -3.90. The standard InChI is InChI=1S/C38H42N8O8S2/c1-53-27-11-9-23(10-12-27)31-32(35-39-16-18-55-35)43-46(42-31)26-19-30-34(48)41-38(37(50)44-56(51,52)28-13-14-28)20-25(38)7-5-3-2-4-6-8-29(36(49)45(30)21-26)40-33(47)24-15-17-54-22-24/h5,7,9-12,15-18,22,25-26,28-30H,2-4,6,8,13-14,19-21H2,1H3,(H,40,47)(H,41,48)(H,44,50)/b7-5+/t25-,26-,29-,30+,38-/m1/s1. The molecule has 3 fully saturated rings. The van der Waals surface area contributed by atoms with Crippen LogP contribution in [0.25, 0.3) is 22.0 Å². The molecule has 0 radical (unpaired) electrons. The number of hydrogen-bond donors (Lipinski definition) is 3. The number of furan rings is 1. The van der Waals surface area contributed by atoms with E-state index >= 15 is 0 Å². The van der Waals surface area contributed by atoms with Crippen molar-refractivity contribution in [2.75, 3.05) is 13.7 Å². The highest BCUT2D eigenvalue weighted by Gasteiger charge is 2.62. The Morgan fingerprint density at radius 2 is 1.86 bits per heavy atom. The Morgan fingerprint density at radius 1 is 1.05 bits per heavy atom. The molecule has 1 saturated heterocycles. The predicted molar refractivity (Wildman–Crippen MR) is 204 cm³/mol. The summed E-state index contributed by atoms with van der Waals surface area (Å²) in [4.78, 5) is 63.7. The van der Waals surface area contributed by atoms with Gasteiger partial charge < -0.3 is 24.7 Å². The summed E-state index contributed by atoms with van der Waals surface area (Å²) in [5.41, 5.74) is 0.570. The van der Waals surface area contributed by atoms with Crippen molar-refractivity contribution in [2.45, 2.75) is 86.7 Å². The summed E-state index contributed by atoms with van der Waals surface area (Å²) in [6.45, 7) is 0.0155. The summed E-state index contributed by atoms with van der Waals surface area (Å²) in [5.74, 6) is -2.14. The van der Waals surface area contributed by atoms with Crippen LogP contribution in [-0.2, 0) is 24.4 Å². The first-order chi connectivity index (χ1) is 27.1. The fourth-order valence-corrected chi connectivity index (χ4v) is 9.48. The second-order valence-corrected chi connectivity index (χ2v) is 17.6. The number of aromatic nitrogens is 4. The van der Waals surface area contributed by atoms with E-state index in [2.05, 4.69) is 20.3 Å². The van der Waals surface area contributed by atoms with Crippen LogP contribution < -0.4 is 20.1 Å². The van der Waals surface area contributed by atoms with Crippen molar-refractivity contribution in [3.05, 3.63) is 72.2 Å². The average molecular weight is 803 g/mol. The number of thiazole rings is 1. The molecule has 1 aromatic carbocycles. The lowest BCUT2D eigenvalue weighted by Crippen LogP contribution is -2.58. The molecular weight excluding hydrogens is 761 g/mol. The first-order valence-corrected chi connectivity index (χ1v) is 21.2. The zero-order valence-corrected chi connectivity index (χ0v) is 32.3. The van der Waals surface area contributed by atoms with Crippen molar-refractivity contribution >= 4 is 45.0 Å². The Balaban J connectivity index is 1.14. The molecule has 5 atom stereocenters. The highest BCUT2D eigenvalue weighted by atomic mass is 32.2. The van der Waals surface area contributed by atoms with Crippen molar-refractivity contribution in [2.24, 2.45) is 5.92 Å². The number of carbonyl (C=O) groups excluding carboxylic acids is 4. The SMILES string of the molecule is COc1ccc(-c2nn([C@@H]3C[C@H]4C(=O)N[C@]5(C(=O)NS(=O)(=O)C6CC6)C[C@H]5/C=C/CCCCC[C@@H](NC(=O)c5ccoc5)C(=O)N4C3)nc2-c2nccs2)cc1. The predicted octanol–water partition coefficient (Wildman–Crippen LogP) is 3.61. The highest BCUT2D eigenvalue weighted by Crippen LogP contribution is 2.46. The normalized spacial score (nSPS) is 26.2. The van der Waals surface area contributed by atoms with Crippen molar-refractivity contribution in [3.63, 3.8) is 0 Å². The molecule has 8 rings (SSSR count). The molecule has 3 N–H and O–H groups in total. The zero-order valence-electron chi connectivity index (χ0n) is 30.6. The Bertz CT molecular complexity index is 2240. The molecule has 4 aliphatic rings. The number of fused-ring (bicyclic) bond motifs is 2. The van der Waals surface area contributed by atoms with E-state index in [-0.39, 0.29) is 24.9 Å². The van der Waals surface area contributed by atoms with Crippen molar-refractivity contribution in [3.8, 4) is 27.7 Å². The topological polar surface area (TPSA) is 208 Å². The molecule has 56 heavy (non-hydrogen) atoms. The van der Waals surface area contributed by atoms with Gasteiger partial charge in [-0.15, -0.1) is 16.4 Å². The van der Waals surface area contributed by atoms with Gasteiger partial charge in [0, 0.05) is 36.0 Å². The van der Waals surface area contributed by atoms with Gasteiger partial charge in [-0.1, -0.05) is 25.0 Å². The Hall–Kier alpha value is -5.36. The largest absolute Gasteiger partial charge is 0.497 e. The number of amides is 4. The van der Waals surface area contributed by atoms with Gasteiger partial charge in [0.2, 0.25) is 21.8 Å². The molecule has 2 saturated carbocycles. The zero-order chi connectivity index (χ0) is 39.0. The Morgan fingerprint density at radius 3 is 2.57 bits per heavy atom. The van der Waals surface area contributed by atoms with Crippen LogP contribution in [-0.4, -0.2) is 93.5 Å². The quantitative estimate of drug-likeness (QED) is 0.208. The van der Waals surface area contributed by atoms with Gasteiger partial charge in [0.15, 0.2) is 0 Å².